The second-order valence-corrected chi connectivity index (χ2v) is 6.47. The van der Waals surface area contributed by atoms with Gasteiger partial charge >= 0.3 is 0 Å². The Balaban J connectivity index is 1.71. The number of nitrogens with one attached hydrogen (secondary N) is 2. The van der Waals surface area contributed by atoms with Crippen LogP contribution in [0.4, 0.5) is 5.82 Å². The lowest BCUT2D eigenvalue weighted by Crippen LogP contribution is -2.70. The number of nitrogens with zero attached hydrogens (tertiary/aromatic N) is 1. The molecule has 2 aliphatic rings. The Morgan fingerprint density at radius 3 is 2.75 bits per heavy atom. The summed E-state index contributed by atoms with van der Waals surface area (Å²) in [4.78, 5) is 28.7. The lowest BCUT2D eigenvalue weighted by atomic mass is 9.79. The minimum Gasteiger partial charge on any atom is -0.383 e. The molecule has 1 unspecified atom stereocenters. The van der Waals surface area contributed by atoms with Gasteiger partial charge < -0.3 is 16.4 Å². The topological polar surface area (TPSA) is 97.1 Å². The molecule has 6 nitrogen and oxygen atoms in total. The van der Waals surface area contributed by atoms with Gasteiger partial charge in [-0.25, -0.2) is 4.98 Å². The van der Waals surface area contributed by atoms with Crippen LogP contribution in [0.2, 0.25) is 0 Å². The van der Waals surface area contributed by atoms with Crippen molar-refractivity contribution in [3.05, 3.63) is 10.4 Å². The van der Waals surface area contributed by atoms with Crippen LogP contribution >= 0.6 is 11.3 Å². The van der Waals surface area contributed by atoms with E-state index >= 15 is 0 Å². The van der Waals surface area contributed by atoms with E-state index in [-0.39, 0.29) is 11.8 Å². The zero-order valence-corrected chi connectivity index (χ0v) is 12.0. The van der Waals surface area contributed by atoms with Crippen molar-refractivity contribution in [2.45, 2.75) is 50.1 Å². The van der Waals surface area contributed by atoms with Crippen LogP contribution in [0, 0.1) is 0 Å². The molecule has 2 amide bonds. The summed E-state index contributed by atoms with van der Waals surface area (Å²) in [6.07, 6.45) is 4.98. The molecular formula is C13H18N4O2S. The van der Waals surface area contributed by atoms with Gasteiger partial charge in [0.15, 0.2) is 0 Å². The molecule has 1 atom stereocenters. The largest absolute Gasteiger partial charge is 0.383 e. The number of nitrogen functional groups attached to an aromatic ring is 1. The number of anilines is 1. The minimum absolute atomic E-state index is 0.0497. The van der Waals surface area contributed by atoms with Gasteiger partial charge in [-0.15, -0.1) is 11.3 Å². The molecule has 1 spiro atoms. The van der Waals surface area contributed by atoms with Crippen molar-refractivity contribution >= 4 is 29.0 Å². The zero-order valence-electron chi connectivity index (χ0n) is 11.1. The highest BCUT2D eigenvalue weighted by atomic mass is 32.1. The number of aromatic nitrogens is 1. The highest BCUT2D eigenvalue weighted by molar-refractivity contribution is 7.10. The Morgan fingerprint density at radius 2 is 2.10 bits per heavy atom. The van der Waals surface area contributed by atoms with Gasteiger partial charge in [-0.05, 0) is 12.8 Å². The maximum atomic E-state index is 12.4. The predicted molar refractivity (Wildman–Crippen MR) is 76.1 cm³/mol. The molecule has 1 aromatic rings. The maximum Gasteiger partial charge on any atom is 0.246 e. The first-order chi connectivity index (χ1) is 9.59. The van der Waals surface area contributed by atoms with Crippen LogP contribution in [0.5, 0.6) is 0 Å². The molecular weight excluding hydrogens is 276 g/mol. The van der Waals surface area contributed by atoms with Gasteiger partial charge in [0.05, 0.1) is 5.01 Å². The number of amides is 2. The quantitative estimate of drug-likeness (QED) is 0.743. The first-order valence-corrected chi connectivity index (χ1v) is 7.80. The molecule has 1 aliphatic carbocycles. The van der Waals surface area contributed by atoms with Crippen molar-refractivity contribution in [3.63, 3.8) is 0 Å². The van der Waals surface area contributed by atoms with Crippen molar-refractivity contribution in [1.29, 1.82) is 0 Å². The summed E-state index contributed by atoms with van der Waals surface area (Å²) in [6, 6.07) is -0.541. The SMILES string of the molecule is Nc1csc(CC2NC(=O)C3(CCCCC3)NC2=O)n1. The monoisotopic (exact) mass is 294 g/mol. The van der Waals surface area contributed by atoms with Crippen molar-refractivity contribution < 1.29 is 9.59 Å². The van der Waals surface area contributed by atoms with E-state index in [1.165, 1.54) is 11.3 Å². The van der Waals surface area contributed by atoms with E-state index in [9.17, 15) is 9.59 Å². The predicted octanol–water partition coefficient (Wildman–Crippen LogP) is 0.585. The maximum absolute atomic E-state index is 12.4. The molecule has 1 saturated carbocycles. The summed E-state index contributed by atoms with van der Waals surface area (Å²) in [7, 11) is 0. The van der Waals surface area contributed by atoms with Crippen LogP contribution < -0.4 is 16.4 Å². The van der Waals surface area contributed by atoms with E-state index in [0.29, 0.717) is 12.2 Å². The van der Waals surface area contributed by atoms with Crippen molar-refractivity contribution in [2.75, 3.05) is 5.73 Å². The first kappa shape index (κ1) is 13.4. The van der Waals surface area contributed by atoms with Gasteiger partial charge in [-0.3, -0.25) is 9.59 Å². The van der Waals surface area contributed by atoms with Crippen LogP contribution in [-0.4, -0.2) is 28.4 Å². The fraction of sp³-hybridized carbons (Fsp3) is 0.615. The smallest absolute Gasteiger partial charge is 0.246 e. The molecule has 2 heterocycles. The van der Waals surface area contributed by atoms with Gasteiger partial charge in [-0.1, -0.05) is 19.3 Å². The van der Waals surface area contributed by atoms with Crippen LogP contribution in [0.3, 0.4) is 0 Å². The van der Waals surface area contributed by atoms with E-state index in [2.05, 4.69) is 15.6 Å². The van der Waals surface area contributed by atoms with E-state index in [0.717, 1.165) is 37.1 Å². The average Bonchev–Trinajstić information content (AvgIpc) is 2.83. The van der Waals surface area contributed by atoms with Gasteiger partial charge in [0.2, 0.25) is 11.8 Å². The summed E-state index contributed by atoms with van der Waals surface area (Å²) in [6.45, 7) is 0. The number of piperazine rings is 1. The Bertz CT molecular complexity index is 536. The summed E-state index contributed by atoms with van der Waals surface area (Å²) in [5.41, 5.74) is 4.90. The first-order valence-electron chi connectivity index (χ1n) is 6.92. The Hall–Kier alpha value is -1.63. The zero-order chi connectivity index (χ0) is 14.2. The fourth-order valence-corrected chi connectivity index (χ4v) is 3.72. The van der Waals surface area contributed by atoms with Gasteiger partial charge in [0.25, 0.3) is 0 Å². The standard InChI is InChI=1S/C13H18N4O2S/c14-9-7-20-10(16-9)6-8-11(18)17-13(12(19)15-8)4-2-1-3-5-13/h7-8H,1-6,14H2,(H,15,19)(H,17,18). The molecule has 2 fully saturated rings. The lowest BCUT2D eigenvalue weighted by molar-refractivity contribution is -0.143. The van der Waals surface area contributed by atoms with Crippen LogP contribution in [0.25, 0.3) is 0 Å². The lowest BCUT2D eigenvalue weighted by Gasteiger charge is -2.42. The van der Waals surface area contributed by atoms with E-state index in [1.54, 1.807) is 5.38 Å². The number of carbonyl (C=O) groups excluding carboxylic acids is 2. The normalized spacial score (nSPS) is 25.3. The highest BCUT2D eigenvalue weighted by Crippen LogP contribution is 2.30. The summed E-state index contributed by atoms with van der Waals surface area (Å²) in [5.74, 6) is 0.294. The Morgan fingerprint density at radius 1 is 1.35 bits per heavy atom. The van der Waals surface area contributed by atoms with Crippen molar-refractivity contribution in [3.8, 4) is 0 Å². The molecule has 4 N–H and O–H groups in total. The highest BCUT2D eigenvalue weighted by Gasteiger charge is 2.46. The number of hydrogen-bond acceptors (Lipinski definition) is 5. The number of nitrogens with two attached hydrogens (primary N) is 1. The average molecular weight is 294 g/mol. The fourth-order valence-electron chi connectivity index (χ4n) is 2.99. The minimum atomic E-state index is -0.673. The molecule has 7 heteroatoms. The third kappa shape index (κ3) is 2.37. The summed E-state index contributed by atoms with van der Waals surface area (Å²) >= 11 is 1.41. The third-order valence-corrected chi connectivity index (χ3v) is 4.96. The van der Waals surface area contributed by atoms with Gasteiger partial charge in [0, 0.05) is 11.8 Å². The second-order valence-electron chi connectivity index (χ2n) is 5.53. The summed E-state index contributed by atoms with van der Waals surface area (Å²) in [5, 5.41) is 8.32. The molecule has 1 aromatic heterocycles. The molecule has 1 aliphatic heterocycles. The number of thiazole rings is 1. The molecule has 0 bridgehead atoms. The number of hydrogen-bond donors (Lipinski definition) is 3. The second kappa shape index (κ2) is 5.05. The van der Waals surface area contributed by atoms with Crippen LogP contribution in [0.1, 0.15) is 37.1 Å². The number of rotatable bonds is 2. The van der Waals surface area contributed by atoms with Crippen molar-refractivity contribution in [1.82, 2.24) is 15.6 Å². The number of carbonyl (C=O) groups is 2. The Kier molecular flexibility index (Phi) is 3.37. The molecule has 0 radical (unpaired) electrons. The molecule has 1 saturated heterocycles. The van der Waals surface area contributed by atoms with E-state index in [4.69, 9.17) is 5.73 Å². The molecule has 3 rings (SSSR count). The van der Waals surface area contributed by atoms with Gasteiger partial charge in [0.1, 0.15) is 17.4 Å². The van der Waals surface area contributed by atoms with E-state index < -0.39 is 11.6 Å². The molecule has 0 aromatic carbocycles. The molecule has 20 heavy (non-hydrogen) atoms. The summed E-state index contributed by atoms with van der Waals surface area (Å²) < 4.78 is 0. The van der Waals surface area contributed by atoms with Crippen LogP contribution in [0.15, 0.2) is 5.38 Å². The van der Waals surface area contributed by atoms with Crippen molar-refractivity contribution in [2.24, 2.45) is 0 Å². The molecule has 108 valence electrons. The third-order valence-electron chi connectivity index (χ3n) is 4.07. The Labute approximate surface area is 121 Å². The van der Waals surface area contributed by atoms with E-state index in [1.807, 2.05) is 0 Å². The van der Waals surface area contributed by atoms with Crippen LogP contribution in [-0.2, 0) is 16.0 Å². The van der Waals surface area contributed by atoms with Gasteiger partial charge in [-0.2, -0.15) is 0 Å².